The molecule has 0 N–H and O–H groups in total. The predicted octanol–water partition coefficient (Wildman–Crippen LogP) is 4.02. The van der Waals surface area contributed by atoms with Crippen molar-refractivity contribution in [3.8, 4) is 11.8 Å². The van der Waals surface area contributed by atoms with Crippen molar-refractivity contribution in [1.82, 2.24) is 0 Å². The molecular formula is C16H12ClNO2S. The molecule has 2 rings (SSSR count). The minimum Gasteiger partial charge on any atom is -0.497 e. The van der Waals surface area contributed by atoms with E-state index < -0.39 is 10.8 Å². The van der Waals surface area contributed by atoms with E-state index in [1.807, 2.05) is 12.1 Å². The maximum Gasteiger partial charge on any atom is 0.122 e. The summed E-state index contributed by atoms with van der Waals surface area (Å²) in [5.41, 5.74) is 0.664. The summed E-state index contributed by atoms with van der Waals surface area (Å²) in [6.45, 7) is 0. The minimum atomic E-state index is -1.55. The molecule has 1 unspecified atom stereocenters. The monoisotopic (exact) mass is 317 g/mol. The highest BCUT2D eigenvalue weighted by Gasteiger charge is 2.11. The summed E-state index contributed by atoms with van der Waals surface area (Å²) in [5, 5.41) is 9.74. The first-order valence-corrected chi connectivity index (χ1v) is 7.60. The molecule has 21 heavy (non-hydrogen) atoms. The van der Waals surface area contributed by atoms with Gasteiger partial charge in [-0.05, 0) is 42.0 Å². The Labute approximate surface area is 130 Å². The number of nitrogens with zero attached hydrogens (tertiary/aromatic N) is 1. The summed E-state index contributed by atoms with van der Waals surface area (Å²) in [7, 11) is 0.00508. The van der Waals surface area contributed by atoms with Gasteiger partial charge in [0.25, 0.3) is 0 Å². The Balaban J connectivity index is 2.35. The van der Waals surface area contributed by atoms with Crippen LogP contribution in [0.2, 0.25) is 5.02 Å². The number of allylic oxidation sites excluding steroid dienone is 1. The summed E-state index contributed by atoms with van der Waals surface area (Å²) in [6, 6.07) is 15.8. The largest absolute Gasteiger partial charge is 0.497 e. The molecule has 5 heteroatoms. The van der Waals surface area contributed by atoms with Gasteiger partial charge < -0.3 is 4.74 Å². The van der Waals surface area contributed by atoms with Crippen molar-refractivity contribution < 1.29 is 8.95 Å². The second-order valence-electron chi connectivity index (χ2n) is 4.09. The summed E-state index contributed by atoms with van der Waals surface area (Å²) >= 11 is 6.05. The Morgan fingerprint density at radius 2 is 1.90 bits per heavy atom. The van der Waals surface area contributed by atoms with Gasteiger partial charge in [0.2, 0.25) is 0 Å². The Morgan fingerprint density at radius 1 is 1.24 bits per heavy atom. The fourth-order valence-electron chi connectivity index (χ4n) is 1.69. The van der Waals surface area contributed by atoms with Gasteiger partial charge in [0.05, 0.1) is 17.9 Å². The van der Waals surface area contributed by atoms with Crippen LogP contribution in [0.3, 0.4) is 0 Å². The second kappa shape index (κ2) is 7.07. The first kappa shape index (κ1) is 15.3. The maximum atomic E-state index is 12.4. The third-order valence-corrected chi connectivity index (χ3v) is 4.43. The van der Waals surface area contributed by atoms with Crippen LogP contribution in [0.15, 0.2) is 58.3 Å². The number of nitriles is 1. The molecule has 0 aromatic heterocycles. The van der Waals surface area contributed by atoms with Crippen LogP contribution >= 0.6 is 11.6 Å². The van der Waals surface area contributed by atoms with Crippen LogP contribution in [0.25, 0.3) is 6.08 Å². The molecule has 2 aromatic rings. The van der Waals surface area contributed by atoms with E-state index in [-0.39, 0.29) is 4.91 Å². The molecule has 106 valence electrons. The molecule has 0 heterocycles. The molecule has 0 saturated heterocycles. The number of hydrogen-bond donors (Lipinski definition) is 0. The standard InChI is InChI=1S/C16H12ClNO2S/c1-20-13-6-8-14(9-7-13)21(19)15(11-18)10-12-4-2-3-5-16(12)17/h2-10H,1H3/b15-10+. The number of benzene rings is 2. The average Bonchev–Trinajstić information content (AvgIpc) is 2.53. The quantitative estimate of drug-likeness (QED) is 0.800. The van der Waals surface area contributed by atoms with Crippen LogP contribution in [-0.2, 0) is 10.8 Å². The van der Waals surface area contributed by atoms with Crippen LogP contribution < -0.4 is 4.74 Å². The van der Waals surface area contributed by atoms with Crippen molar-refractivity contribution in [3.05, 3.63) is 64.0 Å². The summed E-state index contributed by atoms with van der Waals surface area (Å²) in [4.78, 5) is 0.684. The molecular weight excluding hydrogens is 306 g/mol. The van der Waals surface area contributed by atoms with Crippen molar-refractivity contribution in [2.45, 2.75) is 4.90 Å². The van der Waals surface area contributed by atoms with Crippen LogP contribution in [0.1, 0.15) is 5.56 Å². The van der Waals surface area contributed by atoms with E-state index in [2.05, 4.69) is 0 Å². The highest BCUT2D eigenvalue weighted by Crippen LogP contribution is 2.23. The lowest BCUT2D eigenvalue weighted by atomic mass is 10.2. The predicted molar refractivity (Wildman–Crippen MR) is 84.4 cm³/mol. The van der Waals surface area contributed by atoms with Gasteiger partial charge in [0.1, 0.15) is 16.7 Å². The van der Waals surface area contributed by atoms with Gasteiger partial charge in [-0.2, -0.15) is 5.26 Å². The molecule has 0 aliphatic rings. The summed E-state index contributed by atoms with van der Waals surface area (Å²) in [6.07, 6.45) is 1.54. The number of hydrogen-bond acceptors (Lipinski definition) is 3. The summed E-state index contributed by atoms with van der Waals surface area (Å²) in [5.74, 6) is 0.671. The van der Waals surface area contributed by atoms with Gasteiger partial charge in [-0.25, -0.2) is 4.21 Å². The molecule has 1 atom stereocenters. The smallest absolute Gasteiger partial charge is 0.122 e. The molecule has 0 saturated carbocycles. The normalized spacial score (nSPS) is 12.5. The van der Waals surface area contributed by atoms with E-state index in [4.69, 9.17) is 16.3 Å². The van der Waals surface area contributed by atoms with Crippen LogP contribution in [0.5, 0.6) is 5.75 Å². The molecule has 0 spiro atoms. The number of ether oxygens (including phenoxy) is 1. The van der Waals surface area contributed by atoms with Gasteiger partial charge in [0.15, 0.2) is 0 Å². The number of halogens is 1. The molecule has 0 aliphatic heterocycles. The Morgan fingerprint density at radius 3 is 2.48 bits per heavy atom. The third kappa shape index (κ3) is 3.72. The Kier molecular flexibility index (Phi) is 5.15. The second-order valence-corrected chi connectivity index (χ2v) is 5.94. The Hall–Kier alpha value is -2.09. The minimum absolute atomic E-state index is 0.147. The molecule has 0 aliphatic carbocycles. The van der Waals surface area contributed by atoms with Crippen LogP contribution in [-0.4, -0.2) is 11.3 Å². The van der Waals surface area contributed by atoms with Crippen LogP contribution in [0.4, 0.5) is 0 Å². The molecule has 2 aromatic carbocycles. The number of rotatable bonds is 4. The molecule has 0 fully saturated rings. The average molecular weight is 318 g/mol. The zero-order chi connectivity index (χ0) is 15.2. The van der Waals surface area contributed by atoms with E-state index in [0.29, 0.717) is 21.2 Å². The van der Waals surface area contributed by atoms with E-state index >= 15 is 0 Å². The number of methoxy groups -OCH3 is 1. The topological polar surface area (TPSA) is 50.1 Å². The van der Waals surface area contributed by atoms with Crippen LogP contribution in [0, 0.1) is 11.3 Å². The fraction of sp³-hybridized carbons (Fsp3) is 0.0625. The summed E-state index contributed by atoms with van der Waals surface area (Å²) < 4.78 is 17.5. The van der Waals surface area contributed by atoms with Crippen molar-refractivity contribution in [1.29, 1.82) is 5.26 Å². The van der Waals surface area contributed by atoms with E-state index in [1.165, 1.54) is 0 Å². The Bertz CT molecular complexity index is 733. The van der Waals surface area contributed by atoms with Gasteiger partial charge in [-0.3, -0.25) is 0 Å². The lowest BCUT2D eigenvalue weighted by Gasteiger charge is -2.04. The van der Waals surface area contributed by atoms with Crippen molar-refractivity contribution in [2.75, 3.05) is 7.11 Å². The van der Waals surface area contributed by atoms with Gasteiger partial charge >= 0.3 is 0 Å². The molecule has 0 amide bonds. The zero-order valence-electron chi connectivity index (χ0n) is 11.2. The van der Waals surface area contributed by atoms with Gasteiger partial charge in [-0.1, -0.05) is 29.8 Å². The van der Waals surface area contributed by atoms with Crippen molar-refractivity contribution in [3.63, 3.8) is 0 Å². The molecule has 3 nitrogen and oxygen atoms in total. The van der Waals surface area contributed by atoms with Gasteiger partial charge in [0, 0.05) is 9.92 Å². The van der Waals surface area contributed by atoms with E-state index in [9.17, 15) is 9.47 Å². The fourth-order valence-corrected chi connectivity index (χ4v) is 2.83. The lowest BCUT2D eigenvalue weighted by molar-refractivity contribution is 0.414. The first-order chi connectivity index (χ1) is 10.2. The SMILES string of the molecule is COc1ccc(S(=O)/C(C#N)=C/c2ccccc2Cl)cc1. The third-order valence-electron chi connectivity index (χ3n) is 2.78. The zero-order valence-corrected chi connectivity index (χ0v) is 12.8. The van der Waals surface area contributed by atoms with Crippen molar-refractivity contribution >= 4 is 28.5 Å². The highest BCUT2D eigenvalue weighted by atomic mass is 35.5. The lowest BCUT2D eigenvalue weighted by Crippen LogP contribution is -1.95. The van der Waals surface area contributed by atoms with Crippen molar-refractivity contribution in [2.24, 2.45) is 0 Å². The highest BCUT2D eigenvalue weighted by molar-refractivity contribution is 7.89. The maximum absolute atomic E-state index is 12.4. The van der Waals surface area contributed by atoms with Gasteiger partial charge in [-0.15, -0.1) is 0 Å². The molecule has 0 bridgehead atoms. The van der Waals surface area contributed by atoms with E-state index in [1.54, 1.807) is 55.7 Å². The van der Waals surface area contributed by atoms with E-state index in [0.717, 1.165) is 0 Å². The molecule has 0 radical (unpaired) electrons. The first-order valence-electron chi connectivity index (χ1n) is 6.08.